The molecule has 1 heterocycles. The van der Waals surface area contributed by atoms with Crippen LogP contribution in [0.5, 0.6) is 0 Å². The summed E-state index contributed by atoms with van der Waals surface area (Å²) < 4.78 is 0. The largest absolute Gasteiger partial charge is 0.314 e. The average Bonchev–Trinajstić information content (AvgIpc) is 2.50. The molecule has 98 valence electrons. The minimum Gasteiger partial charge on any atom is -0.314 e. The molecule has 0 spiro atoms. The predicted molar refractivity (Wildman–Crippen MR) is 80.2 cm³/mol. The Morgan fingerprint density at radius 3 is 2.26 bits per heavy atom. The van der Waals surface area contributed by atoms with Gasteiger partial charge in [0, 0.05) is 25.7 Å². The molecule has 1 aliphatic heterocycles. The van der Waals surface area contributed by atoms with Crippen LogP contribution in [0.2, 0.25) is 0 Å². The number of benzene rings is 2. The van der Waals surface area contributed by atoms with E-state index in [9.17, 15) is 0 Å². The normalized spacial score (nSPS) is 19.3. The number of piperazine rings is 1. The molecule has 0 amide bonds. The summed E-state index contributed by atoms with van der Waals surface area (Å²) >= 11 is 0. The molecule has 3 rings (SSSR count). The van der Waals surface area contributed by atoms with E-state index >= 15 is 0 Å². The fourth-order valence-corrected chi connectivity index (χ4v) is 2.61. The van der Waals surface area contributed by atoms with E-state index in [1.807, 2.05) is 0 Å². The van der Waals surface area contributed by atoms with Gasteiger partial charge in [0.25, 0.3) is 0 Å². The van der Waals surface area contributed by atoms with Crippen LogP contribution in [-0.2, 0) is 6.42 Å². The maximum atomic E-state index is 3.55. The van der Waals surface area contributed by atoms with Crippen LogP contribution in [0.25, 0.3) is 11.1 Å². The summed E-state index contributed by atoms with van der Waals surface area (Å²) in [5, 5.41) is 6.98. The van der Waals surface area contributed by atoms with Crippen molar-refractivity contribution in [2.24, 2.45) is 0 Å². The van der Waals surface area contributed by atoms with E-state index in [1.165, 1.54) is 16.7 Å². The van der Waals surface area contributed by atoms with Gasteiger partial charge in [-0.2, -0.15) is 0 Å². The maximum absolute atomic E-state index is 3.55. The lowest BCUT2D eigenvalue weighted by Gasteiger charge is -2.24. The zero-order valence-corrected chi connectivity index (χ0v) is 11.1. The van der Waals surface area contributed by atoms with E-state index in [4.69, 9.17) is 0 Å². The van der Waals surface area contributed by atoms with E-state index in [1.54, 1.807) is 0 Å². The molecular formula is C17H20N2. The Kier molecular flexibility index (Phi) is 3.92. The van der Waals surface area contributed by atoms with Gasteiger partial charge in [-0.25, -0.2) is 0 Å². The van der Waals surface area contributed by atoms with Crippen LogP contribution < -0.4 is 10.6 Å². The lowest BCUT2D eigenvalue weighted by atomic mass is 10.00. The molecule has 19 heavy (non-hydrogen) atoms. The van der Waals surface area contributed by atoms with Crippen molar-refractivity contribution in [2.75, 3.05) is 19.6 Å². The molecule has 2 aromatic rings. The van der Waals surface area contributed by atoms with Gasteiger partial charge in [0.05, 0.1) is 0 Å². The van der Waals surface area contributed by atoms with Crippen molar-refractivity contribution in [3.05, 3.63) is 60.2 Å². The van der Waals surface area contributed by atoms with Gasteiger partial charge >= 0.3 is 0 Å². The molecule has 2 aromatic carbocycles. The Morgan fingerprint density at radius 1 is 0.842 bits per heavy atom. The van der Waals surface area contributed by atoms with Crippen molar-refractivity contribution < 1.29 is 0 Å². The van der Waals surface area contributed by atoms with Crippen molar-refractivity contribution >= 4 is 0 Å². The summed E-state index contributed by atoms with van der Waals surface area (Å²) in [5.74, 6) is 0. The lowest BCUT2D eigenvalue weighted by molar-refractivity contribution is 0.416. The summed E-state index contributed by atoms with van der Waals surface area (Å²) in [6.07, 6.45) is 1.10. The van der Waals surface area contributed by atoms with Gasteiger partial charge in [0.1, 0.15) is 0 Å². The topological polar surface area (TPSA) is 24.1 Å². The van der Waals surface area contributed by atoms with Crippen LogP contribution >= 0.6 is 0 Å². The Hall–Kier alpha value is -1.64. The third-order valence-electron chi connectivity index (χ3n) is 3.67. The van der Waals surface area contributed by atoms with Gasteiger partial charge in [-0.15, -0.1) is 0 Å². The van der Waals surface area contributed by atoms with Crippen LogP contribution in [0.3, 0.4) is 0 Å². The zero-order valence-electron chi connectivity index (χ0n) is 11.1. The summed E-state index contributed by atoms with van der Waals surface area (Å²) in [6.45, 7) is 3.23. The van der Waals surface area contributed by atoms with Crippen molar-refractivity contribution in [3.8, 4) is 11.1 Å². The highest BCUT2D eigenvalue weighted by molar-refractivity contribution is 5.63. The zero-order chi connectivity index (χ0) is 12.9. The highest BCUT2D eigenvalue weighted by Gasteiger charge is 2.12. The van der Waals surface area contributed by atoms with E-state index in [-0.39, 0.29) is 0 Å². The third-order valence-corrected chi connectivity index (χ3v) is 3.67. The minimum atomic E-state index is 0.566. The first kappa shape index (κ1) is 12.4. The first-order valence-corrected chi connectivity index (χ1v) is 7.00. The fourth-order valence-electron chi connectivity index (χ4n) is 2.61. The summed E-state index contributed by atoms with van der Waals surface area (Å²) in [7, 11) is 0. The molecule has 1 saturated heterocycles. The molecule has 0 radical (unpaired) electrons. The average molecular weight is 252 g/mol. The van der Waals surface area contributed by atoms with E-state index < -0.39 is 0 Å². The quantitative estimate of drug-likeness (QED) is 0.877. The van der Waals surface area contributed by atoms with Crippen LogP contribution in [0.15, 0.2) is 54.6 Å². The van der Waals surface area contributed by atoms with Gasteiger partial charge in [-0.05, 0) is 23.1 Å². The van der Waals surface area contributed by atoms with Crippen LogP contribution in [0, 0.1) is 0 Å². The number of rotatable bonds is 3. The first-order valence-electron chi connectivity index (χ1n) is 7.00. The SMILES string of the molecule is c1ccc(-c2ccc(C[C@H]3CNCCN3)cc2)cc1. The van der Waals surface area contributed by atoms with E-state index in [2.05, 4.69) is 65.2 Å². The Labute approximate surface area is 114 Å². The predicted octanol–water partition coefficient (Wildman–Crippen LogP) is 2.46. The van der Waals surface area contributed by atoms with Crippen LogP contribution in [-0.4, -0.2) is 25.7 Å². The van der Waals surface area contributed by atoms with Crippen molar-refractivity contribution in [1.82, 2.24) is 10.6 Å². The van der Waals surface area contributed by atoms with Gasteiger partial charge in [0.15, 0.2) is 0 Å². The van der Waals surface area contributed by atoms with E-state index in [0.717, 1.165) is 26.1 Å². The molecule has 2 N–H and O–H groups in total. The summed E-state index contributed by atoms with van der Waals surface area (Å²) in [6, 6.07) is 20.0. The number of hydrogen-bond donors (Lipinski definition) is 2. The first-order chi connectivity index (χ1) is 9.42. The highest BCUT2D eigenvalue weighted by Crippen LogP contribution is 2.19. The third kappa shape index (κ3) is 3.22. The van der Waals surface area contributed by atoms with Crippen LogP contribution in [0.4, 0.5) is 0 Å². The lowest BCUT2D eigenvalue weighted by Crippen LogP contribution is -2.49. The van der Waals surface area contributed by atoms with E-state index in [0.29, 0.717) is 6.04 Å². The van der Waals surface area contributed by atoms with Crippen molar-refractivity contribution in [3.63, 3.8) is 0 Å². The molecule has 2 nitrogen and oxygen atoms in total. The van der Waals surface area contributed by atoms with Gasteiger partial charge in [-0.1, -0.05) is 54.6 Å². The molecule has 2 heteroatoms. The summed E-state index contributed by atoms with van der Waals surface area (Å²) in [5.41, 5.74) is 3.98. The molecule has 0 saturated carbocycles. The molecular weight excluding hydrogens is 232 g/mol. The molecule has 1 atom stereocenters. The monoisotopic (exact) mass is 252 g/mol. The smallest absolute Gasteiger partial charge is 0.0233 e. The summed E-state index contributed by atoms with van der Waals surface area (Å²) in [4.78, 5) is 0. The van der Waals surface area contributed by atoms with Gasteiger partial charge in [0.2, 0.25) is 0 Å². The number of hydrogen-bond acceptors (Lipinski definition) is 2. The maximum Gasteiger partial charge on any atom is 0.0233 e. The van der Waals surface area contributed by atoms with Gasteiger partial charge < -0.3 is 10.6 Å². The Morgan fingerprint density at radius 2 is 1.58 bits per heavy atom. The molecule has 0 aliphatic carbocycles. The minimum absolute atomic E-state index is 0.566. The standard InChI is InChI=1S/C17H20N2/c1-2-4-15(5-3-1)16-8-6-14(7-9-16)12-17-13-18-10-11-19-17/h1-9,17-19H,10-13H2/t17-/m0/s1. The molecule has 0 aromatic heterocycles. The number of nitrogens with one attached hydrogen (secondary N) is 2. The van der Waals surface area contributed by atoms with Gasteiger partial charge in [-0.3, -0.25) is 0 Å². The fraction of sp³-hybridized carbons (Fsp3) is 0.294. The molecule has 0 bridgehead atoms. The Bertz CT molecular complexity index is 499. The second-order valence-corrected chi connectivity index (χ2v) is 5.12. The second kappa shape index (κ2) is 6.00. The molecule has 0 unspecified atom stereocenters. The van der Waals surface area contributed by atoms with Crippen LogP contribution in [0.1, 0.15) is 5.56 Å². The van der Waals surface area contributed by atoms with Crippen molar-refractivity contribution in [1.29, 1.82) is 0 Å². The molecule has 1 aliphatic rings. The molecule has 1 fully saturated rings. The Balaban J connectivity index is 1.68. The highest BCUT2D eigenvalue weighted by atomic mass is 15.0. The second-order valence-electron chi connectivity index (χ2n) is 5.12. The van der Waals surface area contributed by atoms with Crippen molar-refractivity contribution in [2.45, 2.75) is 12.5 Å².